The van der Waals surface area contributed by atoms with Crippen LogP contribution in [0.15, 0.2) is 36.7 Å². The molecule has 9 heteroatoms. The Labute approximate surface area is 159 Å². The molecule has 3 N–H and O–H groups in total. The minimum Gasteiger partial charge on any atom is -0.369 e. The van der Waals surface area contributed by atoms with Crippen LogP contribution in [0, 0.1) is 0 Å². The summed E-state index contributed by atoms with van der Waals surface area (Å²) in [6, 6.07) is 6.62. The van der Waals surface area contributed by atoms with Crippen molar-refractivity contribution in [3.63, 3.8) is 0 Å². The van der Waals surface area contributed by atoms with E-state index in [1.807, 2.05) is 11.0 Å². The lowest BCUT2D eigenvalue weighted by Crippen LogP contribution is -2.37. The molecular formula is C19H19F3N4O2. The van der Waals surface area contributed by atoms with Crippen LogP contribution in [0.25, 0.3) is 0 Å². The smallest absolute Gasteiger partial charge is 0.369 e. The lowest BCUT2D eigenvalue weighted by molar-refractivity contribution is -0.127. The van der Waals surface area contributed by atoms with Gasteiger partial charge >= 0.3 is 6.18 Å². The van der Waals surface area contributed by atoms with Crippen molar-refractivity contribution < 1.29 is 22.8 Å². The molecule has 0 bridgehead atoms. The van der Waals surface area contributed by atoms with Gasteiger partial charge in [0, 0.05) is 31.2 Å². The first-order chi connectivity index (χ1) is 13.2. The molecule has 0 aliphatic carbocycles. The van der Waals surface area contributed by atoms with Gasteiger partial charge in [0.1, 0.15) is 0 Å². The Bertz CT molecular complexity index is 899. The number of halogens is 3. The van der Waals surface area contributed by atoms with Crippen LogP contribution in [-0.2, 0) is 24.2 Å². The number of hydrogen-bond acceptors (Lipinski definition) is 4. The molecule has 0 radical (unpaired) electrons. The number of nitrogens with two attached hydrogens (primary N) is 1. The Hall–Kier alpha value is -2.94. The Balaban J connectivity index is 1.71. The molecule has 0 atom stereocenters. The summed E-state index contributed by atoms with van der Waals surface area (Å²) in [5.74, 6) is -0.944. The van der Waals surface area contributed by atoms with E-state index in [9.17, 15) is 22.8 Å². The number of pyridine rings is 1. The molecule has 0 fully saturated rings. The van der Waals surface area contributed by atoms with Gasteiger partial charge in [0.2, 0.25) is 5.91 Å². The molecule has 0 unspecified atom stereocenters. The summed E-state index contributed by atoms with van der Waals surface area (Å²) in [6.07, 6.45) is -2.43. The molecule has 2 amide bonds. The number of carbonyl (C=O) groups excluding carboxylic acids is 2. The maximum atomic E-state index is 12.5. The van der Waals surface area contributed by atoms with Crippen molar-refractivity contribution in [1.82, 2.24) is 9.88 Å². The average molecular weight is 392 g/mol. The maximum absolute atomic E-state index is 12.5. The number of primary amides is 1. The average Bonchev–Trinajstić information content (AvgIpc) is 2.59. The summed E-state index contributed by atoms with van der Waals surface area (Å²) >= 11 is 0. The largest absolute Gasteiger partial charge is 0.393 e. The van der Waals surface area contributed by atoms with Crippen LogP contribution < -0.4 is 11.1 Å². The standard InChI is InChI=1S/C19H19F3N4O2/c20-19(21,22)7-12-5-14(9-24-8-12)18(28)25-16-2-1-13-3-4-26(11-17(23)27)10-15(13)6-16/h1-2,5-6,8-9H,3-4,7,10-11H2,(H2,23,27)(H,25,28). The monoisotopic (exact) mass is 392 g/mol. The van der Waals surface area contributed by atoms with Crippen LogP contribution in [0.1, 0.15) is 27.0 Å². The fourth-order valence-electron chi connectivity index (χ4n) is 3.19. The van der Waals surface area contributed by atoms with Crippen molar-refractivity contribution in [2.45, 2.75) is 25.6 Å². The number of aromatic nitrogens is 1. The summed E-state index contributed by atoms with van der Waals surface area (Å²) in [4.78, 5) is 29.2. The van der Waals surface area contributed by atoms with Crippen LogP contribution in [0.2, 0.25) is 0 Å². The summed E-state index contributed by atoms with van der Waals surface area (Å²) in [5, 5.41) is 2.68. The van der Waals surface area contributed by atoms with E-state index in [1.54, 1.807) is 12.1 Å². The van der Waals surface area contributed by atoms with Gasteiger partial charge in [0.15, 0.2) is 0 Å². The molecule has 2 aromatic rings. The molecule has 148 valence electrons. The van der Waals surface area contributed by atoms with Gasteiger partial charge in [0.25, 0.3) is 5.91 Å². The molecule has 6 nitrogen and oxygen atoms in total. The van der Waals surface area contributed by atoms with E-state index < -0.39 is 24.4 Å². The molecule has 3 rings (SSSR count). The summed E-state index contributed by atoms with van der Waals surface area (Å²) in [5.41, 5.74) is 7.82. The topological polar surface area (TPSA) is 88.3 Å². The quantitative estimate of drug-likeness (QED) is 0.817. The summed E-state index contributed by atoms with van der Waals surface area (Å²) < 4.78 is 37.6. The van der Waals surface area contributed by atoms with Gasteiger partial charge in [-0.1, -0.05) is 6.07 Å². The predicted octanol–water partition coefficient (Wildman–Crippen LogP) is 2.28. The number of amides is 2. The molecular weight excluding hydrogens is 373 g/mol. The zero-order chi connectivity index (χ0) is 20.3. The fourth-order valence-corrected chi connectivity index (χ4v) is 3.19. The van der Waals surface area contributed by atoms with E-state index in [-0.39, 0.29) is 17.7 Å². The number of fused-ring (bicyclic) bond motifs is 1. The molecule has 1 aliphatic rings. The van der Waals surface area contributed by atoms with Crippen molar-refractivity contribution in [2.75, 3.05) is 18.4 Å². The molecule has 1 aromatic carbocycles. The van der Waals surface area contributed by atoms with Crippen LogP contribution in [-0.4, -0.2) is 41.0 Å². The zero-order valence-electron chi connectivity index (χ0n) is 14.9. The highest BCUT2D eigenvalue weighted by Gasteiger charge is 2.28. The van der Waals surface area contributed by atoms with E-state index >= 15 is 0 Å². The Morgan fingerprint density at radius 2 is 1.96 bits per heavy atom. The highest BCUT2D eigenvalue weighted by molar-refractivity contribution is 6.04. The lowest BCUT2D eigenvalue weighted by Gasteiger charge is -2.28. The van der Waals surface area contributed by atoms with Gasteiger partial charge in [-0.15, -0.1) is 0 Å². The number of carbonyl (C=O) groups is 2. The second kappa shape index (κ2) is 7.97. The first-order valence-electron chi connectivity index (χ1n) is 8.64. The molecule has 1 aromatic heterocycles. The van der Waals surface area contributed by atoms with Crippen LogP contribution >= 0.6 is 0 Å². The highest BCUT2D eigenvalue weighted by atomic mass is 19.4. The number of benzene rings is 1. The first kappa shape index (κ1) is 19.8. The molecule has 0 saturated carbocycles. The Morgan fingerprint density at radius 3 is 2.68 bits per heavy atom. The van der Waals surface area contributed by atoms with Crippen LogP contribution in [0.4, 0.5) is 18.9 Å². The number of anilines is 1. The number of rotatable bonds is 5. The van der Waals surface area contributed by atoms with Gasteiger partial charge in [-0.05, 0) is 41.3 Å². The van der Waals surface area contributed by atoms with E-state index in [0.717, 1.165) is 30.3 Å². The van der Waals surface area contributed by atoms with Crippen molar-refractivity contribution in [3.8, 4) is 0 Å². The SMILES string of the molecule is NC(=O)CN1CCc2ccc(NC(=O)c3cncc(CC(F)(F)F)c3)cc2C1. The number of nitrogens with one attached hydrogen (secondary N) is 1. The third-order valence-electron chi connectivity index (χ3n) is 4.40. The predicted molar refractivity (Wildman–Crippen MR) is 96.6 cm³/mol. The first-order valence-corrected chi connectivity index (χ1v) is 8.64. The minimum atomic E-state index is -4.37. The second-order valence-electron chi connectivity index (χ2n) is 6.74. The molecule has 1 aliphatic heterocycles. The second-order valence-corrected chi connectivity index (χ2v) is 6.74. The van der Waals surface area contributed by atoms with Crippen LogP contribution in [0.3, 0.4) is 0 Å². The highest BCUT2D eigenvalue weighted by Crippen LogP contribution is 2.24. The molecule has 28 heavy (non-hydrogen) atoms. The third-order valence-corrected chi connectivity index (χ3v) is 4.40. The fraction of sp³-hybridized carbons (Fsp3) is 0.316. The third kappa shape index (κ3) is 5.29. The molecule has 2 heterocycles. The van der Waals surface area contributed by atoms with Gasteiger partial charge in [-0.2, -0.15) is 13.2 Å². The van der Waals surface area contributed by atoms with Crippen molar-refractivity contribution in [3.05, 3.63) is 58.9 Å². The Kier molecular flexibility index (Phi) is 5.64. The van der Waals surface area contributed by atoms with E-state index in [2.05, 4.69) is 10.3 Å². The van der Waals surface area contributed by atoms with E-state index in [1.165, 1.54) is 12.3 Å². The number of hydrogen-bond donors (Lipinski definition) is 2. The molecule has 0 saturated heterocycles. The van der Waals surface area contributed by atoms with Crippen molar-refractivity contribution in [2.24, 2.45) is 5.73 Å². The Morgan fingerprint density at radius 1 is 1.18 bits per heavy atom. The summed E-state index contributed by atoms with van der Waals surface area (Å²) in [7, 11) is 0. The van der Waals surface area contributed by atoms with Gasteiger partial charge in [0.05, 0.1) is 18.5 Å². The van der Waals surface area contributed by atoms with E-state index in [4.69, 9.17) is 5.73 Å². The lowest BCUT2D eigenvalue weighted by atomic mass is 9.99. The van der Waals surface area contributed by atoms with Gasteiger partial charge < -0.3 is 11.1 Å². The van der Waals surface area contributed by atoms with E-state index in [0.29, 0.717) is 12.2 Å². The maximum Gasteiger partial charge on any atom is 0.393 e. The number of alkyl halides is 3. The van der Waals surface area contributed by atoms with Crippen LogP contribution in [0.5, 0.6) is 0 Å². The van der Waals surface area contributed by atoms with Crippen molar-refractivity contribution >= 4 is 17.5 Å². The normalized spacial score (nSPS) is 14.4. The van der Waals surface area contributed by atoms with Crippen molar-refractivity contribution in [1.29, 1.82) is 0 Å². The van der Waals surface area contributed by atoms with Gasteiger partial charge in [-0.25, -0.2) is 0 Å². The zero-order valence-corrected chi connectivity index (χ0v) is 14.9. The minimum absolute atomic E-state index is 0.0508. The number of nitrogens with zero attached hydrogens (tertiary/aromatic N) is 2. The molecule has 0 spiro atoms. The summed E-state index contributed by atoms with van der Waals surface area (Å²) in [6.45, 7) is 1.41. The van der Waals surface area contributed by atoms with Gasteiger partial charge in [-0.3, -0.25) is 19.5 Å².